The fraction of sp³-hybridized carbons (Fsp3) is 0.333. The summed E-state index contributed by atoms with van der Waals surface area (Å²) >= 11 is 0. The zero-order valence-corrected chi connectivity index (χ0v) is 54.1. The maximum absolute atomic E-state index is 2.90. The van der Waals surface area contributed by atoms with E-state index in [2.05, 4.69) is 318 Å². The molecule has 434 valence electrons. The van der Waals surface area contributed by atoms with Crippen LogP contribution in [0.25, 0.3) is 11.1 Å². The summed E-state index contributed by atoms with van der Waals surface area (Å²) in [5.74, 6) is 0. The Morgan fingerprint density at radius 3 is 1.36 bits per heavy atom. The van der Waals surface area contributed by atoms with Crippen LogP contribution in [0.15, 0.2) is 188 Å². The number of nitrogens with zero attached hydrogens (tertiary/aromatic N) is 4. The van der Waals surface area contributed by atoms with Gasteiger partial charge in [0.15, 0.2) is 0 Å². The van der Waals surface area contributed by atoms with Crippen LogP contribution in [0.5, 0.6) is 0 Å². The Morgan fingerprint density at radius 2 is 0.826 bits per heavy atom. The Kier molecular flexibility index (Phi) is 12.5. The van der Waals surface area contributed by atoms with Gasteiger partial charge in [-0.1, -0.05) is 226 Å². The molecule has 2 atom stereocenters. The Hall–Kier alpha value is -7.76. The highest BCUT2D eigenvalue weighted by Gasteiger charge is 2.61. The third-order valence-corrected chi connectivity index (χ3v) is 21.2. The predicted octanol–water partition coefficient (Wildman–Crippen LogP) is 20.5. The first-order valence-electron chi connectivity index (χ1n) is 32.0. The van der Waals surface area contributed by atoms with E-state index in [0.717, 1.165) is 47.0 Å². The van der Waals surface area contributed by atoms with Crippen molar-refractivity contribution < 1.29 is 0 Å². The average Bonchev–Trinajstić information content (AvgIpc) is 1.41. The van der Waals surface area contributed by atoms with Crippen molar-refractivity contribution in [3.8, 4) is 11.1 Å². The summed E-state index contributed by atoms with van der Waals surface area (Å²) in [5, 5.41) is 0. The van der Waals surface area contributed by atoms with Crippen LogP contribution in [0.1, 0.15) is 175 Å². The van der Waals surface area contributed by atoms with Gasteiger partial charge in [-0.2, -0.15) is 0 Å². The van der Waals surface area contributed by atoms with Crippen molar-refractivity contribution >= 4 is 85.7 Å². The molecule has 9 aromatic rings. The van der Waals surface area contributed by atoms with E-state index in [-0.39, 0.29) is 44.7 Å². The number of hydrogen-bond donors (Lipinski definition) is 0. The first-order valence-corrected chi connectivity index (χ1v) is 32.0. The molecule has 1 fully saturated rings. The minimum Gasteiger partial charge on any atom is -0.335 e. The van der Waals surface area contributed by atoms with Gasteiger partial charge in [0, 0.05) is 67.6 Å². The third-order valence-electron chi connectivity index (χ3n) is 21.2. The monoisotopic (exact) mass is 1130 g/mol. The maximum atomic E-state index is 2.90. The van der Waals surface area contributed by atoms with E-state index in [4.69, 9.17) is 0 Å². The van der Waals surface area contributed by atoms with Gasteiger partial charge in [-0.05, 0) is 181 Å². The molecule has 86 heavy (non-hydrogen) atoms. The summed E-state index contributed by atoms with van der Waals surface area (Å²) in [7, 11) is 0. The molecule has 5 heteroatoms. The van der Waals surface area contributed by atoms with Gasteiger partial charge in [-0.15, -0.1) is 0 Å². The second kappa shape index (κ2) is 19.1. The molecule has 0 saturated heterocycles. The zero-order valence-electron chi connectivity index (χ0n) is 54.1. The third kappa shape index (κ3) is 8.43. The van der Waals surface area contributed by atoms with Crippen molar-refractivity contribution in [2.24, 2.45) is 0 Å². The SMILES string of the molecule is CC(C)(C)c1ccc(N(c2ccc(C(C)(C)C)cc2)c2ccc3c(c2)N(c2cccc4c2-c2ccccc2C4(C)C)c2cc(N(c4ccc(C(C)(C)C)cc4)c4ccc(C(C)(C)C)cc4)cc4c2B3c2cccc3c2N4C2(C)CCCCC32C)cc1. The minimum absolute atomic E-state index is 0.00285. The van der Waals surface area contributed by atoms with Gasteiger partial charge in [-0.3, -0.25) is 0 Å². The molecular formula is C81H87BN4. The molecule has 2 unspecified atom stereocenters. The Balaban J connectivity index is 1.10. The highest BCUT2D eigenvalue weighted by atomic mass is 15.3. The van der Waals surface area contributed by atoms with Crippen molar-refractivity contribution in [1.82, 2.24) is 0 Å². The number of hydrogen-bond acceptors (Lipinski definition) is 4. The lowest BCUT2D eigenvalue weighted by atomic mass is 9.33. The van der Waals surface area contributed by atoms with Crippen LogP contribution in [0.3, 0.4) is 0 Å². The van der Waals surface area contributed by atoms with Gasteiger partial charge in [-0.25, -0.2) is 0 Å². The fourth-order valence-electron chi connectivity index (χ4n) is 16.0. The van der Waals surface area contributed by atoms with E-state index in [1.807, 2.05) is 0 Å². The molecule has 0 N–H and O–H groups in total. The van der Waals surface area contributed by atoms with Gasteiger partial charge in [0.2, 0.25) is 0 Å². The Bertz CT molecular complexity index is 4050. The van der Waals surface area contributed by atoms with Crippen LogP contribution in [0.4, 0.5) is 62.6 Å². The van der Waals surface area contributed by atoms with Crippen molar-refractivity contribution in [1.29, 1.82) is 0 Å². The van der Waals surface area contributed by atoms with E-state index < -0.39 is 0 Å². The molecule has 9 aromatic carbocycles. The number of anilines is 11. The summed E-state index contributed by atoms with van der Waals surface area (Å²) < 4.78 is 0. The van der Waals surface area contributed by atoms with E-state index in [9.17, 15) is 0 Å². The van der Waals surface area contributed by atoms with Crippen LogP contribution >= 0.6 is 0 Å². The van der Waals surface area contributed by atoms with E-state index in [0.29, 0.717) is 0 Å². The molecule has 3 aliphatic heterocycles. The molecule has 0 radical (unpaired) electrons. The van der Waals surface area contributed by atoms with E-state index in [1.165, 1.54) is 108 Å². The fourth-order valence-corrected chi connectivity index (χ4v) is 16.0. The lowest BCUT2D eigenvalue weighted by Crippen LogP contribution is -2.64. The first kappa shape index (κ1) is 56.1. The summed E-state index contributed by atoms with van der Waals surface area (Å²) in [4.78, 5) is 10.7. The summed E-state index contributed by atoms with van der Waals surface area (Å²) in [6.45, 7) is 37.8. The summed E-state index contributed by atoms with van der Waals surface area (Å²) in [5.41, 5.74) is 29.1. The minimum atomic E-state index is -0.207. The van der Waals surface area contributed by atoms with Crippen LogP contribution in [-0.2, 0) is 32.5 Å². The van der Waals surface area contributed by atoms with Crippen LogP contribution < -0.4 is 36.0 Å². The molecule has 4 nitrogen and oxygen atoms in total. The molecule has 0 aromatic heterocycles. The number of benzene rings is 9. The summed E-state index contributed by atoms with van der Waals surface area (Å²) in [6, 6.07) is 74.1. The molecule has 0 amide bonds. The highest BCUT2D eigenvalue weighted by molar-refractivity contribution is 7.00. The molecule has 3 heterocycles. The molecule has 1 saturated carbocycles. The van der Waals surface area contributed by atoms with Crippen LogP contribution in [0, 0.1) is 0 Å². The quantitative estimate of drug-likeness (QED) is 0.147. The lowest BCUT2D eigenvalue weighted by Gasteiger charge is -2.53. The largest absolute Gasteiger partial charge is 0.335 e. The van der Waals surface area contributed by atoms with Gasteiger partial charge >= 0.3 is 0 Å². The first-order chi connectivity index (χ1) is 40.7. The molecule has 2 aliphatic carbocycles. The van der Waals surface area contributed by atoms with E-state index in [1.54, 1.807) is 0 Å². The Labute approximate surface area is 515 Å². The van der Waals surface area contributed by atoms with Crippen molar-refractivity contribution in [2.75, 3.05) is 19.6 Å². The number of para-hydroxylation sites is 1. The second-order valence-corrected chi connectivity index (χ2v) is 31.0. The molecular weight excluding hydrogens is 1040 g/mol. The second-order valence-electron chi connectivity index (χ2n) is 31.0. The zero-order chi connectivity index (χ0) is 60.4. The lowest BCUT2D eigenvalue weighted by molar-refractivity contribution is 0.195. The van der Waals surface area contributed by atoms with E-state index >= 15 is 0 Å². The Morgan fingerprint density at radius 1 is 0.384 bits per heavy atom. The molecule has 0 bridgehead atoms. The standard InChI is InChI=1S/C81H87BN4/c1-75(2,3)52-29-37-56(38-30-52)83(57-39-31-53(32-40-57)76(4,5)6)60-45-46-66-69(49-60)85(68-28-22-25-64-72(68)62-23-17-18-24-63(62)79(64,13)14)70-50-61(84(58-41-33-54(34-42-58)77(7,8)9)59-43-35-55(36-44-59)78(10,11)12)51-71-73(70)82(66)67-27-21-26-65-74(67)86(71)81(16)48-20-19-47-80(65,81)15/h17-18,21-46,49-51H,19-20,47-48H2,1-16H3. The highest BCUT2D eigenvalue weighted by Crippen LogP contribution is 2.63. The topological polar surface area (TPSA) is 13.0 Å². The molecule has 14 rings (SSSR count). The normalized spacial score (nSPS) is 18.9. The number of rotatable bonds is 7. The predicted molar refractivity (Wildman–Crippen MR) is 370 cm³/mol. The van der Waals surface area contributed by atoms with Crippen molar-refractivity contribution in [2.45, 2.75) is 174 Å². The summed E-state index contributed by atoms with van der Waals surface area (Å²) in [6.07, 6.45) is 4.73. The smallest absolute Gasteiger partial charge is 0.252 e. The van der Waals surface area contributed by atoms with Crippen molar-refractivity contribution in [3.05, 3.63) is 227 Å². The van der Waals surface area contributed by atoms with Crippen LogP contribution in [-0.4, -0.2) is 12.3 Å². The van der Waals surface area contributed by atoms with Gasteiger partial charge in [0.25, 0.3) is 6.71 Å². The molecule has 5 aliphatic rings. The van der Waals surface area contributed by atoms with Gasteiger partial charge < -0.3 is 19.6 Å². The average molecular weight is 1130 g/mol. The molecule has 0 spiro atoms. The maximum Gasteiger partial charge on any atom is 0.252 e. The van der Waals surface area contributed by atoms with Gasteiger partial charge in [0.05, 0.1) is 16.9 Å². The van der Waals surface area contributed by atoms with Crippen LogP contribution in [0.2, 0.25) is 0 Å². The number of fused-ring (bicyclic) bond motifs is 10. The van der Waals surface area contributed by atoms with Crippen molar-refractivity contribution in [3.63, 3.8) is 0 Å². The van der Waals surface area contributed by atoms with Gasteiger partial charge in [0.1, 0.15) is 0 Å².